The van der Waals surface area contributed by atoms with Gasteiger partial charge in [0.15, 0.2) is 5.79 Å². The fourth-order valence-corrected chi connectivity index (χ4v) is 5.29. The largest absolute Gasteiger partial charge is 0.354 e. The zero-order valence-corrected chi connectivity index (χ0v) is 15.0. The molecule has 3 saturated heterocycles. The molecule has 1 aromatic heterocycles. The number of pyridine rings is 1. The van der Waals surface area contributed by atoms with Crippen molar-refractivity contribution in [3.8, 4) is 0 Å². The summed E-state index contributed by atoms with van der Waals surface area (Å²) in [5.41, 5.74) is 0. The van der Waals surface area contributed by atoms with Gasteiger partial charge in [0.25, 0.3) is 10.2 Å². The summed E-state index contributed by atoms with van der Waals surface area (Å²) in [6, 6.07) is 5.78. The Morgan fingerprint density at radius 1 is 0.920 bits per heavy atom. The fourth-order valence-electron chi connectivity index (χ4n) is 3.70. The van der Waals surface area contributed by atoms with Gasteiger partial charge in [0.2, 0.25) is 0 Å². The molecule has 0 aliphatic carbocycles. The second-order valence-corrected chi connectivity index (χ2v) is 8.52. The Morgan fingerprint density at radius 3 is 2.16 bits per heavy atom. The van der Waals surface area contributed by atoms with Crippen LogP contribution >= 0.6 is 0 Å². The standard InChI is InChI=1S/C16H24N4O4S/c21-25(22,19-7-4-16(5-8-19)23-13-14-24-16)20-11-9-18(10-12-20)15-3-1-2-6-17-15/h1-3,6H,4-5,7-14H2. The van der Waals surface area contributed by atoms with E-state index in [0.717, 1.165) is 5.82 Å². The molecule has 9 heteroatoms. The maximum absolute atomic E-state index is 12.9. The Kier molecular flexibility index (Phi) is 4.67. The van der Waals surface area contributed by atoms with E-state index < -0.39 is 16.0 Å². The number of hydrogen-bond acceptors (Lipinski definition) is 6. The molecule has 0 amide bonds. The lowest BCUT2D eigenvalue weighted by atomic mass is 10.1. The number of nitrogens with zero attached hydrogens (tertiary/aromatic N) is 4. The van der Waals surface area contributed by atoms with E-state index in [2.05, 4.69) is 9.88 Å². The van der Waals surface area contributed by atoms with E-state index in [0.29, 0.717) is 65.3 Å². The Balaban J connectivity index is 1.36. The van der Waals surface area contributed by atoms with Crippen molar-refractivity contribution in [2.24, 2.45) is 0 Å². The van der Waals surface area contributed by atoms with Gasteiger partial charge in [-0.1, -0.05) is 6.07 Å². The van der Waals surface area contributed by atoms with Gasteiger partial charge < -0.3 is 14.4 Å². The summed E-state index contributed by atoms with van der Waals surface area (Å²) in [5.74, 6) is 0.346. The third-order valence-electron chi connectivity index (χ3n) is 5.16. The monoisotopic (exact) mass is 368 g/mol. The molecule has 0 aromatic carbocycles. The quantitative estimate of drug-likeness (QED) is 0.763. The lowest BCUT2D eigenvalue weighted by molar-refractivity contribution is -0.179. The molecule has 0 saturated carbocycles. The van der Waals surface area contributed by atoms with Crippen LogP contribution in [0.4, 0.5) is 5.82 Å². The van der Waals surface area contributed by atoms with Crippen LogP contribution in [0, 0.1) is 0 Å². The van der Waals surface area contributed by atoms with Crippen LogP contribution in [0.2, 0.25) is 0 Å². The van der Waals surface area contributed by atoms with Crippen molar-refractivity contribution in [1.82, 2.24) is 13.6 Å². The summed E-state index contributed by atoms with van der Waals surface area (Å²) in [4.78, 5) is 6.46. The zero-order chi connectivity index (χ0) is 17.3. The van der Waals surface area contributed by atoms with Gasteiger partial charge in [-0.15, -0.1) is 0 Å². The molecule has 138 valence electrons. The van der Waals surface area contributed by atoms with Crippen LogP contribution in [0.3, 0.4) is 0 Å². The number of ether oxygens (including phenoxy) is 2. The van der Waals surface area contributed by atoms with Crippen molar-refractivity contribution in [3.63, 3.8) is 0 Å². The van der Waals surface area contributed by atoms with Crippen LogP contribution < -0.4 is 4.90 Å². The van der Waals surface area contributed by atoms with Crippen molar-refractivity contribution < 1.29 is 17.9 Å². The lowest BCUT2D eigenvalue weighted by Crippen LogP contribution is -2.56. The highest BCUT2D eigenvalue weighted by molar-refractivity contribution is 7.86. The maximum Gasteiger partial charge on any atom is 0.282 e. The second kappa shape index (κ2) is 6.81. The van der Waals surface area contributed by atoms with Crippen LogP contribution in [0.15, 0.2) is 24.4 Å². The molecule has 4 rings (SSSR count). The molecule has 3 aliphatic heterocycles. The summed E-state index contributed by atoms with van der Waals surface area (Å²) in [6.45, 7) is 4.36. The zero-order valence-electron chi connectivity index (χ0n) is 14.2. The Hall–Kier alpha value is -1.26. The molecule has 0 atom stereocenters. The van der Waals surface area contributed by atoms with E-state index in [9.17, 15) is 8.42 Å². The van der Waals surface area contributed by atoms with Crippen molar-refractivity contribution in [1.29, 1.82) is 0 Å². The van der Waals surface area contributed by atoms with Crippen molar-refractivity contribution >= 4 is 16.0 Å². The van der Waals surface area contributed by atoms with Gasteiger partial charge in [-0.25, -0.2) is 4.98 Å². The highest BCUT2D eigenvalue weighted by Crippen LogP contribution is 2.32. The molecular formula is C16H24N4O4S. The lowest BCUT2D eigenvalue weighted by Gasteiger charge is -2.41. The van der Waals surface area contributed by atoms with Crippen LogP contribution in [-0.2, 0) is 19.7 Å². The molecule has 0 radical (unpaired) electrons. The second-order valence-electron chi connectivity index (χ2n) is 6.59. The third-order valence-corrected chi connectivity index (χ3v) is 7.20. The third kappa shape index (κ3) is 3.39. The van der Waals surface area contributed by atoms with Gasteiger partial charge in [0, 0.05) is 58.3 Å². The highest BCUT2D eigenvalue weighted by Gasteiger charge is 2.44. The summed E-state index contributed by atoms with van der Waals surface area (Å²) in [6.07, 6.45) is 2.95. The minimum atomic E-state index is -3.43. The number of hydrogen-bond donors (Lipinski definition) is 0. The molecule has 0 unspecified atom stereocenters. The van der Waals surface area contributed by atoms with E-state index in [-0.39, 0.29) is 0 Å². The first kappa shape index (κ1) is 17.2. The molecule has 25 heavy (non-hydrogen) atoms. The van der Waals surface area contributed by atoms with E-state index >= 15 is 0 Å². The Bertz CT molecular complexity index is 675. The molecule has 1 aromatic rings. The van der Waals surface area contributed by atoms with E-state index in [4.69, 9.17) is 9.47 Å². The SMILES string of the molecule is O=S(=O)(N1CCN(c2ccccn2)CC1)N1CCC2(CC1)OCCO2. The molecule has 3 aliphatic rings. The van der Waals surface area contributed by atoms with E-state index in [1.807, 2.05) is 18.2 Å². The van der Waals surface area contributed by atoms with Gasteiger partial charge >= 0.3 is 0 Å². The first-order valence-electron chi connectivity index (χ1n) is 8.78. The average Bonchev–Trinajstić information content (AvgIpc) is 3.11. The van der Waals surface area contributed by atoms with Gasteiger partial charge in [0.1, 0.15) is 5.82 Å². The minimum absolute atomic E-state index is 0.447. The first-order chi connectivity index (χ1) is 12.1. The van der Waals surface area contributed by atoms with E-state index in [1.54, 1.807) is 14.8 Å². The highest BCUT2D eigenvalue weighted by atomic mass is 32.2. The van der Waals surface area contributed by atoms with Crippen molar-refractivity contribution in [3.05, 3.63) is 24.4 Å². The van der Waals surface area contributed by atoms with Crippen molar-refractivity contribution in [2.45, 2.75) is 18.6 Å². The van der Waals surface area contributed by atoms with Crippen LogP contribution in [-0.4, -0.2) is 80.3 Å². The topological polar surface area (TPSA) is 75.2 Å². The number of aromatic nitrogens is 1. The maximum atomic E-state index is 12.9. The predicted molar refractivity (Wildman–Crippen MR) is 92.4 cm³/mol. The molecule has 4 heterocycles. The van der Waals surface area contributed by atoms with Gasteiger partial charge in [-0.05, 0) is 12.1 Å². The van der Waals surface area contributed by atoms with Gasteiger partial charge in [-0.2, -0.15) is 17.0 Å². The normalized spacial score (nSPS) is 25.5. The van der Waals surface area contributed by atoms with Crippen molar-refractivity contribution in [2.75, 3.05) is 57.4 Å². The van der Waals surface area contributed by atoms with Gasteiger partial charge in [0.05, 0.1) is 13.2 Å². The fraction of sp³-hybridized carbons (Fsp3) is 0.688. The van der Waals surface area contributed by atoms with Crippen LogP contribution in [0.5, 0.6) is 0 Å². The van der Waals surface area contributed by atoms with Crippen LogP contribution in [0.1, 0.15) is 12.8 Å². The van der Waals surface area contributed by atoms with Gasteiger partial charge in [-0.3, -0.25) is 0 Å². The number of rotatable bonds is 3. The molecule has 0 bridgehead atoms. The first-order valence-corrected chi connectivity index (χ1v) is 10.2. The summed E-state index contributed by atoms with van der Waals surface area (Å²) in [5, 5.41) is 0. The minimum Gasteiger partial charge on any atom is -0.354 e. The average molecular weight is 368 g/mol. The molecule has 8 nitrogen and oxygen atoms in total. The smallest absolute Gasteiger partial charge is 0.282 e. The summed E-state index contributed by atoms with van der Waals surface area (Å²) in [7, 11) is -3.43. The molecular weight excluding hydrogens is 344 g/mol. The molecule has 3 fully saturated rings. The Labute approximate surface area is 148 Å². The Morgan fingerprint density at radius 2 is 1.56 bits per heavy atom. The molecule has 0 N–H and O–H groups in total. The molecule has 1 spiro atoms. The number of anilines is 1. The summed E-state index contributed by atoms with van der Waals surface area (Å²) < 4.78 is 40.4. The summed E-state index contributed by atoms with van der Waals surface area (Å²) >= 11 is 0. The van der Waals surface area contributed by atoms with Crippen LogP contribution in [0.25, 0.3) is 0 Å². The predicted octanol–water partition coefficient (Wildman–Crippen LogP) is 0.287. The number of piperazine rings is 1. The number of piperidine rings is 1. The van der Waals surface area contributed by atoms with E-state index in [1.165, 1.54) is 0 Å².